The topological polar surface area (TPSA) is 71.6 Å². The molecule has 1 amide bonds. The molecule has 1 N–H and O–H groups in total. The van der Waals surface area contributed by atoms with Crippen LogP contribution in [0.25, 0.3) is 16.7 Å². The average molecular weight is 446 g/mol. The van der Waals surface area contributed by atoms with Crippen molar-refractivity contribution >= 4 is 22.6 Å². The third kappa shape index (κ3) is 5.31. The first-order valence-corrected chi connectivity index (χ1v) is 11.5. The van der Waals surface area contributed by atoms with Crippen LogP contribution in [0.3, 0.4) is 0 Å². The maximum atomic E-state index is 12.9. The van der Waals surface area contributed by atoms with Crippen LogP contribution >= 0.6 is 0 Å². The summed E-state index contributed by atoms with van der Waals surface area (Å²) in [4.78, 5) is 32.2. The Kier molecular flexibility index (Phi) is 7.19. The molecule has 0 atom stereocenters. The molecule has 4 aromatic rings. The standard InChI is InChI=1S/C26H31N5O2/c1-20(2)29(19-21-9-4-3-5-10-21)16-8-15-27-24(32)13-18-31-25-22(11-6-14-28-25)30-17-7-12-23(30)26(31)33/h3-7,9-12,14,17,20H,8,13,15-16,18-19H2,1-2H3,(H,27,32). The van der Waals surface area contributed by atoms with Gasteiger partial charge in [-0.3, -0.25) is 19.1 Å². The molecule has 7 nitrogen and oxygen atoms in total. The van der Waals surface area contributed by atoms with Gasteiger partial charge in [0, 0.05) is 51.0 Å². The van der Waals surface area contributed by atoms with E-state index in [1.807, 2.05) is 34.9 Å². The molecule has 172 valence electrons. The molecule has 0 fully saturated rings. The summed E-state index contributed by atoms with van der Waals surface area (Å²) >= 11 is 0. The third-order valence-electron chi connectivity index (χ3n) is 5.96. The number of amides is 1. The van der Waals surface area contributed by atoms with Crippen molar-refractivity contribution < 1.29 is 4.79 Å². The van der Waals surface area contributed by atoms with Gasteiger partial charge in [-0.05, 0) is 50.1 Å². The van der Waals surface area contributed by atoms with Gasteiger partial charge in [-0.25, -0.2) is 4.98 Å². The van der Waals surface area contributed by atoms with Gasteiger partial charge in [0.2, 0.25) is 5.91 Å². The number of hydrogen-bond donors (Lipinski definition) is 1. The molecule has 0 aliphatic carbocycles. The van der Waals surface area contributed by atoms with E-state index in [9.17, 15) is 9.59 Å². The summed E-state index contributed by atoms with van der Waals surface area (Å²) in [7, 11) is 0. The van der Waals surface area contributed by atoms with Gasteiger partial charge in [0.1, 0.15) is 5.52 Å². The molecule has 0 saturated heterocycles. The van der Waals surface area contributed by atoms with E-state index in [1.165, 1.54) is 5.56 Å². The lowest BCUT2D eigenvalue weighted by Gasteiger charge is -2.26. The van der Waals surface area contributed by atoms with Crippen molar-refractivity contribution in [2.75, 3.05) is 13.1 Å². The molecule has 0 spiro atoms. The first kappa shape index (κ1) is 22.7. The summed E-state index contributed by atoms with van der Waals surface area (Å²) in [5, 5.41) is 3.00. The molecule has 7 heteroatoms. The lowest BCUT2D eigenvalue weighted by molar-refractivity contribution is -0.121. The van der Waals surface area contributed by atoms with Crippen molar-refractivity contribution in [1.82, 2.24) is 24.2 Å². The van der Waals surface area contributed by atoms with E-state index in [2.05, 4.69) is 53.3 Å². The quantitative estimate of drug-likeness (QED) is 0.380. The summed E-state index contributed by atoms with van der Waals surface area (Å²) in [6, 6.07) is 18.3. The van der Waals surface area contributed by atoms with Crippen LogP contribution in [0.4, 0.5) is 0 Å². The molecule has 3 aromatic heterocycles. The Morgan fingerprint density at radius 1 is 1.06 bits per heavy atom. The fourth-order valence-electron chi connectivity index (χ4n) is 4.14. The van der Waals surface area contributed by atoms with Gasteiger partial charge in [-0.1, -0.05) is 30.3 Å². The second-order valence-corrected chi connectivity index (χ2v) is 8.57. The van der Waals surface area contributed by atoms with E-state index in [0.29, 0.717) is 30.3 Å². The van der Waals surface area contributed by atoms with E-state index >= 15 is 0 Å². The molecule has 0 aliphatic heterocycles. The number of nitrogens with zero attached hydrogens (tertiary/aromatic N) is 4. The molecular weight excluding hydrogens is 414 g/mol. The van der Waals surface area contributed by atoms with E-state index < -0.39 is 0 Å². The third-order valence-corrected chi connectivity index (χ3v) is 5.96. The number of nitrogens with one attached hydrogen (secondary N) is 1. The predicted octanol–water partition coefficient (Wildman–Crippen LogP) is 3.46. The molecule has 33 heavy (non-hydrogen) atoms. The number of carbonyl (C=O) groups is 1. The largest absolute Gasteiger partial charge is 0.356 e. The van der Waals surface area contributed by atoms with E-state index in [1.54, 1.807) is 16.8 Å². The van der Waals surface area contributed by atoms with Crippen LogP contribution in [-0.4, -0.2) is 43.9 Å². The Labute approximate surface area is 193 Å². The average Bonchev–Trinajstić information content (AvgIpc) is 3.32. The number of hydrogen-bond acceptors (Lipinski definition) is 4. The van der Waals surface area contributed by atoms with E-state index in [-0.39, 0.29) is 17.9 Å². The van der Waals surface area contributed by atoms with Gasteiger partial charge in [-0.15, -0.1) is 0 Å². The van der Waals surface area contributed by atoms with Crippen LogP contribution in [0, 0.1) is 0 Å². The Morgan fingerprint density at radius 3 is 2.64 bits per heavy atom. The normalized spacial score (nSPS) is 11.6. The highest BCUT2D eigenvalue weighted by Crippen LogP contribution is 2.13. The van der Waals surface area contributed by atoms with Crippen molar-refractivity contribution in [1.29, 1.82) is 0 Å². The van der Waals surface area contributed by atoms with Crippen LogP contribution in [-0.2, 0) is 17.9 Å². The molecule has 1 aromatic carbocycles. The van der Waals surface area contributed by atoms with Gasteiger partial charge < -0.3 is 9.72 Å². The van der Waals surface area contributed by atoms with Crippen LogP contribution < -0.4 is 10.9 Å². The molecule has 3 heterocycles. The zero-order valence-electron chi connectivity index (χ0n) is 19.3. The fourth-order valence-corrected chi connectivity index (χ4v) is 4.14. The number of rotatable bonds is 10. The highest BCUT2D eigenvalue weighted by molar-refractivity contribution is 5.77. The summed E-state index contributed by atoms with van der Waals surface area (Å²) in [6.45, 7) is 7.11. The van der Waals surface area contributed by atoms with Gasteiger partial charge in [0.25, 0.3) is 5.56 Å². The summed E-state index contributed by atoms with van der Waals surface area (Å²) in [5.41, 5.74) is 3.19. The van der Waals surface area contributed by atoms with Crippen LogP contribution in [0.2, 0.25) is 0 Å². The van der Waals surface area contributed by atoms with Crippen LogP contribution in [0.1, 0.15) is 32.3 Å². The first-order chi connectivity index (χ1) is 16.0. The highest BCUT2D eigenvalue weighted by atomic mass is 16.2. The zero-order valence-corrected chi connectivity index (χ0v) is 19.3. The Bertz CT molecular complexity index is 1280. The Balaban J connectivity index is 1.31. The number of pyridine rings is 1. The molecule has 0 saturated carbocycles. The molecule has 0 radical (unpaired) electrons. The number of aromatic nitrogens is 3. The number of aryl methyl sites for hydroxylation is 1. The van der Waals surface area contributed by atoms with Crippen LogP contribution in [0.5, 0.6) is 0 Å². The Morgan fingerprint density at radius 2 is 1.85 bits per heavy atom. The molecular formula is C26H31N5O2. The van der Waals surface area contributed by atoms with E-state index in [4.69, 9.17) is 0 Å². The minimum absolute atomic E-state index is 0.0552. The van der Waals surface area contributed by atoms with Crippen molar-refractivity contribution in [3.63, 3.8) is 0 Å². The molecule has 0 unspecified atom stereocenters. The van der Waals surface area contributed by atoms with Gasteiger partial charge >= 0.3 is 0 Å². The lowest BCUT2D eigenvalue weighted by Crippen LogP contribution is -2.34. The number of fused-ring (bicyclic) bond motifs is 3. The maximum Gasteiger partial charge on any atom is 0.276 e. The molecule has 4 rings (SSSR count). The lowest BCUT2D eigenvalue weighted by atomic mass is 10.2. The van der Waals surface area contributed by atoms with Gasteiger partial charge in [0.05, 0.1) is 5.52 Å². The minimum atomic E-state index is -0.132. The minimum Gasteiger partial charge on any atom is -0.356 e. The van der Waals surface area contributed by atoms with Gasteiger partial charge in [0.15, 0.2) is 5.65 Å². The summed E-state index contributed by atoms with van der Waals surface area (Å²) < 4.78 is 3.45. The van der Waals surface area contributed by atoms with Crippen molar-refractivity contribution in [2.24, 2.45) is 0 Å². The maximum absolute atomic E-state index is 12.9. The van der Waals surface area contributed by atoms with Crippen molar-refractivity contribution in [3.05, 3.63) is 82.9 Å². The van der Waals surface area contributed by atoms with Crippen molar-refractivity contribution in [3.8, 4) is 0 Å². The van der Waals surface area contributed by atoms with Gasteiger partial charge in [-0.2, -0.15) is 0 Å². The Hall–Kier alpha value is -3.45. The SMILES string of the molecule is CC(C)N(CCCNC(=O)CCn1c(=O)c2cccn2c2cccnc21)Cc1ccccc1. The fraction of sp³-hybridized carbons (Fsp3) is 0.346. The van der Waals surface area contributed by atoms with Crippen molar-refractivity contribution in [2.45, 2.75) is 45.8 Å². The zero-order chi connectivity index (χ0) is 23.2. The van der Waals surface area contributed by atoms with Crippen LogP contribution in [0.15, 0.2) is 71.8 Å². The molecule has 0 bridgehead atoms. The monoisotopic (exact) mass is 445 g/mol. The second kappa shape index (κ2) is 10.4. The number of benzene rings is 1. The molecule has 0 aliphatic rings. The second-order valence-electron chi connectivity index (χ2n) is 8.57. The number of carbonyl (C=O) groups excluding carboxylic acids is 1. The highest BCUT2D eigenvalue weighted by Gasteiger charge is 2.13. The predicted molar refractivity (Wildman–Crippen MR) is 131 cm³/mol. The summed E-state index contributed by atoms with van der Waals surface area (Å²) in [5.74, 6) is -0.0552. The first-order valence-electron chi connectivity index (χ1n) is 11.5. The summed E-state index contributed by atoms with van der Waals surface area (Å²) in [6.07, 6.45) is 4.64. The van der Waals surface area contributed by atoms with E-state index in [0.717, 1.165) is 25.0 Å². The smallest absolute Gasteiger partial charge is 0.276 e.